The third kappa shape index (κ3) is 6.28. The van der Waals surface area contributed by atoms with Crippen LogP contribution in [0.2, 0.25) is 0 Å². The Labute approximate surface area is 185 Å². The first-order valence-corrected chi connectivity index (χ1v) is 12.3. The molecular formula is C22H22N2O5S2. The van der Waals surface area contributed by atoms with Gasteiger partial charge < -0.3 is 4.74 Å². The molecule has 0 aliphatic carbocycles. The lowest BCUT2D eigenvalue weighted by Crippen LogP contribution is -2.25. The third-order valence-electron chi connectivity index (χ3n) is 4.39. The van der Waals surface area contributed by atoms with Crippen molar-refractivity contribution in [3.8, 4) is 0 Å². The van der Waals surface area contributed by atoms with E-state index < -0.39 is 22.1 Å². The highest BCUT2D eigenvalue weighted by Crippen LogP contribution is 2.24. The number of Topliss-reactive ketones (excluding diaryl/α,β-unsaturated/α-hetero) is 1. The molecule has 1 heterocycles. The van der Waals surface area contributed by atoms with Gasteiger partial charge in [-0.2, -0.15) is 0 Å². The van der Waals surface area contributed by atoms with E-state index in [4.69, 9.17) is 4.74 Å². The summed E-state index contributed by atoms with van der Waals surface area (Å²) in [6, 6.07) is 15.6. The minimum atomic E-state index is -3.40. The molecule has 0 unspecified atom stereocenters. The zero-order valence-electron chi connectivity index (χ0n) is 17.3. The molecule has 0 saturated heterocycles. The maximum atomic E-state index is 12.5. The van der Waals surface area contributed by atoms with Crippen LogP contribution < -0.4 is 4.72 Å². The number of nitrogens with zero attached hydrogens (tertiary/aromatic N) is 1. The number of anilines is 1. The fourth-order valence-electron chi connectivity index (χ4n) is 2.96. The largest absolute Gasteiger partial charge is 0.454 e. The predicted molar refractivity (Wildman–Crippen MR) is 122 cm³/mol. The van der Waals surface area contributed by atoms with E-state index in [2.05, 4.69) is 9.71 Å². The minimum Gasteiger partial charge on any atom is -0.454 e. The van der Waals surface area contributed by atoms with Gasteiger partial charge in [0, 0.05) is 16.6 Å². The molecule has 0 bridgehead atoms. The molecule has 3 aromatic rings. The molecule has 0 amide bonds. The molecule has 0 aliphatic heterocycles. The maximum absolute atomic E-state index is 12.5. The van der Waals surface area contributed by atoms with E-state index in [0.717, 1.165) is 22.7 Å². The first-order valence-electron chi connectivity index (χ1n) is 9.43. The zero-order valence-corrected chi connectivity index (χ0v) is 18.9. The molecule has 0 spiro atoms. The second-order valence-corrected chi connectivity index (χ2v) is 9.78. The highest BCUT2D eigenvalue weighted by Gasteiger charge is 2.20. The maximum Gasteiger partial charge on any atom is 0.317 e. The fraction of sp³-hybridized carbons (Fsp3) is 0.227. The van der Waals surface area contributed by atoms with Crippen molar-refractivity contribution in [3.05, 3.63) is 65.7 Å². The Morgan fingerprint density at radius 2 is 1.81 bits per heavy atom. The SMILES string of the molecule is Cc1cc(SCC(=O)O[C@H](C)C(=O)c2ccc(NS(C)(=O)=O)cc2)nc2ccccc12. The van der Waals surface area contributed by atoms with Crippen molar-refractivity contribution < 1.29 is 22.7 Å². The standard InChI is InChI=1S/C22H22N2O5S2/c1-14-12-20(23-19-7-5-4-6-18(14)19)30-13-21(25)29-15(2)22(26)16-8-10-17(11-9-16)24-31(3,27)28/h4-12,15,24H,13H2,1-3H3/t15-/m1/s1. The summed E-state index contributed by atoms with van der Waals surface area (Å²) in [5.41, 5.74) is 2.59. The van der Waals surface area contributed by atoms with Crippen molar-refractivity contribution in [1.82, 2.24) is 4.98 Å². The summed E-state index contributed by atoms with van der Waals surface area (Å²) < 4.78 is 30.1. The lowest BCUT2D eigenvalue weighted by atomic mass is 10.1. The van der Waals surface area contributed by atoms with Crippen molar-refractivity contribution in [3.63, 3.8) is 0 Å². The molecule has 9 heteroatoms. The lowest BCUT2D eigenvalue weighted by Gasteiger charge is -2.13. The van der Waals surface area contributed by atoms with Gasteiger partial charge in [-0.05, 0) is 55.8 Å². The van der Waals surface area contributed by atoms with Gasteiger partial charge >= 0.3 is 5.97 Å². The van der Waals surface area contributed by atoms with Gasteiger partial charge in [-0.1, -0.05) is 30.0 Å². The summed E-state index contributed by atoms with van der Waals surface area (Å²) in [6.07, 6.45) is 0.0773. The number of esters is 1. The van der Waals surface area contributed by atoms with Crippen molar-refractivity contribution in [1.29, 1.82) is 0 Å². The monoisotopic (exact) mass is 458 g/mol. The molecule has 0 fully saturated rings. The Balaban J connectivity index is 1.57. The number of hydrogen-bond acceptors (Lipinski definition) is 7. The summed E-state index contributed by atoms with van der Waals surface area (Å²) in [5.74, 6) is -0.864. The Kier molecular flexibility index (Phi) is 6.97. The minimum absolute atomic E-state index is 0.0274. The van der Waals surface area contributed by atoms with Crippen LogP contribution in [0.1, 0.15) is 22.8 Å². The number of hydrogen-bond donors (Lipinski definition) is 1. The van der Waals surface area contributed by atoms with E-state index in [-0.39, 0.29) is 11.5 Å². The number of para-hydroxylation sites is 1. The fourth-order valence-corrected chi connectivity index (χ4v) is 4.28. The number of nitrogens with one attached hydrogen (secondary N) is 1. The van der Waals surface area contributed by atoms with Gasteiger partial charge in [-0.25, -0.2) is 13.4 Å². The van der Waals surface area contributed by atoms with E-state index in [0.29, 0.717) is 16.3 Å². The number of aryl methyl sites for hydroxylation is 1. The van der Waals surface area contributed by atoms with E-state index in [9.17, 15) is 18.0 Å². The van der Waals surface area contributed by atoms with E-state index in [1.54, 1.807) is 0 Å². The second kappa shape index (κ2) is 9.49. The Bertz CT molecular complexity index is 1220. The number of carbonyl (C=O) groups excluding carboxylic acids is 2. The highest BCUT2D eigenvalue weighted by atomic mass is 32.2. The van der Waals surface area contributed by atoms with Crippen molar-refractivity contribution in [2.24, 2.45) is 0 Å². The van der Waals surface area contributed by atoms with Crippen LogP contribution in [0.25, 0.3) is 10.9 Å². The number of benzene rings is 2. The quantitative estimate of drug-likeness (QED) is 0.311. The summed E-state index contributed by atoms with van der Waals surface area (Å²) in [4.78, 5) is 29.3. The van der Waals surface area contributed by atoms with E-state index in [1.165, 1.54) is 43.0 Å². The zero-order chi connectivity index (χ0) is 22.6. The summed E-state index contributed by atoms with van der Waals surface area (Å²) in [6.45, 7) is 3.50. The molecule has 2 aromatic carbocycles. The summed E-state index contributed by atoms with van der Waals surface area (Å²) in [7, 11) is -3.40. The number of fused-ring (bicyclic) bond motifs is 1. The molecule has 1 N–H and O–H groups in total. The lowest BCUT2D eigenvalue weighted by molar-refractivity contribution is -0.143. The molecule has 3 rings (SSSR count). The van der Waals surface area contributed by atoms with E-state index >= 15 is 0 Å². The molecule has 0 radical (unpaired) electrons. The van der Waals surface area contributed by atoms with Crippen LogP contribution in [0.4, 0.5) is 5.69 Å². The molecule has 1 atom stereocenters. The number of thioether (sulfide) groups is 1. The predicted octanol–water partition coefficient (Wildman–Crippen LogP) is 3.82. The van der Waals surface area contributed by atoms with Crippen molar-refractivity contribution in [2.75, 3.05) is 16.7 Å². The normalized spacial score (nSPS) is 12.4. The summed E-state index contributed by atoms with van der Waals surface area (Å²) in [5, 5.41) is 1.77. The number of rotatable bonds is 8. The van der Waals surface area contributed by atoms with Gasteiger partial charge in [0.2, 0.25) is 15.8 Å². The first kappa shape index (κ1) is 22.8. The van der Waals surface area contributed by atoms with Gasteiger partial charge in [0.1, 0.15) is 0 Å². The van der Waals surface area contributed by atoms with Gasteiger partial charge in [-0.3, -0.25) is 14.3 Å². The molecule has 0 aliphatic rings. The van der Waals surface area contributed by atoms with Crippen LogP contribution in [0.3, 0.4) is 0 Å². The highest BCUT2D eigenvalue weighted by molar-refractivity contribution is 7.99. The van der Waals surface area contributed by atoms with Crippen molar-refractivity contribution >= 4 is 50.1 Å². The number of ketones is 1. The molecule has 31 heavy (non-hydrogen) atoms. The van der Waals surface area contributed by atoms with Gasteiger partial charge in [-0.15, -0.1) is 0 Å². The van der Waals surface area contributed by atoms with Gasteiger partial charge in [0.05, 0.1) is 22.6 Å². The van der Waals surface area contributed by atoms with Gasteiger partial charge in [0.15, 0.2) is 6.10 Å². The molecule has 0 saturated carbocycles. The molecular weight excluding hydrogens is 436 g/mol. The first-order chi connectivity index (χ1) is 14.6. The smallest absolute Gasteiger partial charge is 0.317 e. The Morgan fingerprint density at radius 3 is 2.48 bits per heavy atom. The summed E-state index contributed by atoms with van der Waals surface area (Å²) >= 11 is 1.25. The second-order valence-electron chi connectivity index (χ2n) is 7.03. The van der Waals surface area contributed by atoms with Crippen molar-refractivity contribution in [2.45, 2.75) is 25.0 Å². The Morgan fingerprint density at radius 1 is 1.13 bits per heavy atom. The average molecular weight is 459 g/mol. The van der Waals surface area contributed by atoms with Crippen LogP contribution in [0, 0.1) is 6.92 Å². The number of carbonyl (C=O) groups is 2. The topological polar surface area (TPSA) is 102 Å². The molecule has 7 nitrogen and oxygen atoms in total. The van der Waals surface area contributed by atoms with Crippen LogP contribution in [-0.4, -0.2) is 43.3 Å². The average Bonchev–Trinajstić information content (AvgIpc) is 2.71. The van der Waals surface area contributed by atoms with Crippen LogP contribution in [0.15, 0.2) is 59.6 Å². The Hall–Kier alpha value is -2.91. The van der Waals surface area contributed by atoms with Crippen LogP contribution >= 0.6 is 11.8 Å². The van der Waals surface area contributed by atoms with Crippen LogP contribution in [0.5, 0.6) is 0 Å². The molecule has 1 aromatic heterocycles. The number of pyridine rings is 1. The third-order valence-corrected chi connectivity index (χ3v) is 5.88. The number of aromatic nitrogens is 1. The number of ether oxygens (including phenoxy) is 1. The van der Waals surface area contributed by atoms with Crippen LogP contribution in [-0.2, 0) is 19.6 Å². The van der Waals surface area contributed by atoms with E-state index in [1.807, 2.05) is 37.3 Å². The van der Waals surface area contributed by atoms with Gasteiger partial charge in [0.25, 0.3) is 0 Å². The molecule has 162 valence electrons. The number of sulfonamides is 1.